The maximum Gasteiger partial charge on any atom is 0.325 e. The van der Waals surface area contributed by atoms with Gasteiger partial charge in [0.25, 0.3) is 5.91 Å². The summed E-state index contributed by atoms with van der Waals surface area (Å²) in [6.07, 6.45) is 0.575. The van der Waals surface area contributed by atoms with Crippen molar-refractivity contribution in [1.82, 2.24) is 10.2 Å². The van der Waals surface area contributed by atoms with Crippen LogP contribution in [-0.2, 0) is 0 Å². The van der Waals surface area contributed by atoms with Crippen molar-refractivity contribution >= 4 is 34.9 Å². The Labute approximate surface area is 226 Å². The van der Waals surface area contributed by atoms with E-state index in [1.807, 2.05) is 60.4 Å². The number of carbonyl (C=O) groups excluding carboxylic acids is 2. The van der Waals surface area contributed by atoms with E-state index in [1.54, 1.807) is 30.2 Å². The van der Waals surface area contributed by atoms with E-state index in [-0.39, 0.29) is 18.0 Å². The Morgan fingerprint density at radius 2 is 1.68 bits per heavy atom. The first-order valence-corrected chi connectivity index (χ1v) is 13.1. The number of hydrogen-bond acceptors (Lipinski definition) is 5. The maximum absolute atomic E-state index is 13.2. The lowest BCUT2D eigenvalue weighted by atomic mass is 9.90. The monoisotopic (exact) mass is 532 g/mol. The first-order chi connectivity index (χ1) is 18.3. The number of carbonyl (C=O) groups is 2. The number of piperazine rings is 1. The summed E-state index contributed by atoms with van der Waals surface area (Å²) in [5, 5.41) is 3.69. The molecule has 3 aliphatic rings. The summed E-state index contributed by atoms with van der Waals surface area (Å²) in [4.78, 5) is 32.2. The number of ether oxygens (including phenoxy) is 2. The summed E-state index contributed by atoms with van der Waals surface area (Å²) >= 11 is 6.17. The predicted molar refractivity (Wildman–Crippen MR) is 146 cm³/mol. The molecule has 8 nitrogen and oxygen atoms in total. The second-order valence-corrected chi connectivity index (χ2v) is 10.5. The highest BCUT2D eigenvalue weighted by molar-refractivity contribution is 6.30. The van der Waals surface area contributed by atoms with Crippen LogP contribution in [-0.4, -0.2) is 55.9 Å². The molecule has 0 aromatic heterocycles. The van der Waals surface area contributed by atoms with Gasteiger partial charge in [0.15, 0.2) is 5.72 Å². The van der Waals surface area contributed by atoms with E-state index >= 15 is 0 Å². The van der Waals surface area contributed by atoms with Crippen molar-refractivity contribution in [3.8, 4) is 11.5 Å². The van der Waals surface area contributed by atoms with Crippen molar-refractivity contribution in [2.75, 3.05) is 43.1 Å². The lowest BCUT2D eigenvalue weighted by Gasteiger charge is -2.50. The van der Waals surface area contributed by atoms with Gasteiger partial charge in [0.05, 0.1) is 13.2 Å². The van der Waals surface area contributed by atoms with Gasteiger partial charge in [-0.2, -0.15) is 0 Å². The zero-order valence-corrected chi connectivity index (χ0v) is 22.1. The fourth-order valence-corrected chi connectivity index (χ4v) is 5.81. The average Bonchev–Trinajstić information content (AvgIpc) is 2.93. The Balaban J connectivity index is 1.14. The second-order valence-electron chi connectivity index (χ2n) is 10.0. The van der Waals surface area contributed by atoms with Gasteiger partial charge < -0.3 is 24.6 Å². The molecule has 0 spiro atoms. The highest BCUT2D eigenvalue weighted by Gasteiger charge is 2.49. The third-order valence-electron chi connectivity index (χ3n) is 7.61. The molecule has 2 atom stereocenters. The topological polar surface area (TPSA) is 74.4 Å². The summed E-state index contributed by atoms with van der Waals surface area (Å²) < 4.78 is 11.6. The third kappa shape index (κ3) is 4.28. The van der Waals surface area contributed by atoms with Crippen molar-refractivity contribution in [3.63, 3.8) is 0 Å². The zero-order chi connectivity index (χ0) is 26.4. The maximum atomic E-state index is 13.2. The fourth-order valence-electron chi connectivity index (χ4n) is 5.63. The minimum absolute atomic E-state index is 0.0139. The van der Waals surface area contributed by atoms with Gasteiger partial charge in [-0.15, -0.1) is 0 Å². The highest BCUT2D eigenvalue weighted by Crippen LogP contribution is 2.46. The normalized spacial score (nSPS) is 22.3. The number of amides is 3. The van der Waals surface area contributed by atoms with Crippen molar-refractivity contribution in [3.05, 3.63) is 82.9 Å². The molecular formula is C29H29ClN4O4. The van der Waals surface area contributed by atoms with Gasteiger partial charge in [0, 0.05) is 60.1 Å². The zero-order valence-electron chi connectivity index (χ0n) is 21.3. The molecule has 6 rings (SSSR count). The molecule has 3 aromatic carbocycles. The van der Waals surface area contributed by atoms with Crippen LogP contribution >= 0.6 is 11.6 Å². The molecule has 38 heavy (non-hydrogen) atoms. The van der Waals surface area contributed by atoms with Crippen molar-refractivity contribution in [1.29, 1.82) is 0 Å². The van der Waals surface area contributed by atoms with Gasteiger partial charge in [-0.1, -0.05) is 11.6 Å². The van der Waals surface area contributed by atoms with E-state index in [2.05, 4.69) is 10.2 Å². The van der Waals surface area contributed by atoms with Gasteiger partial charge >= 0.3 is 6.03 Å². The molecule has 3 aromatic rings. The minimum Gasteiger partial charge on any atom is -0.497 e. The molecule has 2 saturated heterocycles. The first-order valence-electron chi connectivity index (χ1n) is 12.7. The lowest BCUT2D eigenvalue weighted by Crippen LogP contribution is -2.65. The molecular weight excluding hydrogens is 504 g/mol. The highest BCUT2D eigenvalue weighted by atomic mass is 35.5. The van der Waals surface area contributed by atoms with E-state index in [1.165, 1.54) is 0 Å². The van der Waals surface area contributed by atoms with Crippen LogP contribution < -0.4 is 24.6 Å². The summed E-state index contributed by atoms with van der Waals surface area (Å²) in [5.41, 5.74) is 2.40. The minimum atomic E-state index is -0.864. The number of fused-ring (bicyclic) bond motifs is 4. The second kappa shape index (κ2) is 9.44. The SMILES string of the molecule is COc1ccc(N2CCN(C(=O)c3ccc(N4C(=O)N[C@H]5C[C@@]4(C)Oc4ccc(Cl)cc45)cc3)CC2)cc1. The summed E-state index contributed by atoms with van der Waals surface area (Å²) in [5.74, 6) is 1.52. The van der Waals surface area contributed by atoms with Crippen molar-refractivity contribution in [2.24, 2.45) is 0 Å². The van der Waals surface area contributed by atoms with E-state index in [4.69, 9.17) is 21.1 Å². The molecule has 2 bridgehead atoms. The van der Waals surface area contributed by atoms with Gasteiger partial charge in [0.1, 0.15) is 11.5 Å². The molecule has 3 aliphatic heterocycles. The average molecular weight is 533 g/mol. The number of urea groups is 1. The fraction of sp³-hybridized carbons (Fsp3) is 0.310. The van der Waals surface area contributed by atoms with E-state index in [9.17, 15) is 9.59 Å². The largest absolute Gasteiger partial charge is 0.497 e. The number of nitrogens with zero attached hydrogens (tertiary/aromatic N) is 3. The molecule has 2 fully saturated rings. The van der Waals surface area contributed by atoms with Crippen LogP contribution in [0.2, 0.25) is 5.02 Å². The summed E-state index contributed by atoms with van der Waals surface area (Å²) in [7, 11) is 1.66. The van der Waals surface area contributed by atoms with Crippen LogP contribution in [0.25, 0.3) is 0 Å². The Kier molecular flexibility index (Phi) is 6.07. The molecule has 196 valence electrons. The number of hydrogen-bond donors (Lipinski definition) is 1. The van der Waals surface area contributed by atoms with Crippen LogP contribution in [0.5, 0.6) is 11.5 Å². The van der Waals surface area contributed by atoms with Crippen molar-refractivity contribution < 1.29 is 19.1 Å². The van der Waals surface area contributed by atoms with Gasteiger partial charge in [-0.05, 0) is 73.7 Å². The third-order valence-corrected chi connectivity index (χ3v) is 7.85. The Hall–Kier alpha value is -3.91. The van der Waals surface area contributed by atoms with Crippen LogP contribution in [0.15, 0.2) is 66.7 Å². The van der Waals surface area contributed by atoms with E-state index in [0.29, 0.717) is 41.5 Å². The Bertz CT molecular complexity index is 1370. The van der Waals surface area contributed by atoms with Gasteiger partial charge in [-0.25, -0.2) is 4.79 Å². The number of rotatable bonds is 4. The molecule has 0 aliphatic carbocycles. The molecule has 0 unspecified atom stereocenters. The van der Waals surface area contributed by atoms with E-state index < -0.39 is 5.72 Å². The molecule has 9 heteroatoms. The van der Waals surface area contributed by atoms with Crippen LogP contribution in [0.4, 0.5) is 16.2 Å². The number of anilines is 2. The lowest BCUT2D eigenvalue weighted by molar-refractivity contribution is 0.0379. The first kappa shape index (κ1) is 24.4. The van der Waals surface area contributed by atoms with Gasteiger partial charge in [-0.3, -0.25) is 9.69 Å². The number of benzene rings is 3. The van der Waals surface area contributed by atoms with Crippen LogP contribution in [0, 0.1) is 0 Å². The predicted octanol–water partition coefficient (Wildman–Crippen LogP) is 5.08. The summed E-state index contributed by atoms with van der Waals surface area (Å²) in [6, 6.07) is 20.2. The van der Waals surface area contributed by atoms with Crippen LogP contribution in [0.3, 0.4) is 0 Å². The standard InChI is InChI=1S/C29H29ClN4O4/c1-29-18-25(24-17-20(30)5-12-26(24)38-29)31-28(36)34(29)22-6-3-19(4-7-22)27(35)33-15-13-32(14-16-33)21-8-10-23(37-2)11-9-21/h3-12,17,25H,13-16,18H2,1-2H3,(H,31,36)/t25-,29+/m0/s1. The molecule has 3 heterocycles. The number of nitrogens with one attached hydrogen (secondary N) is 1. The van der Waals surface area contributed by atoms with Crippen molar-refractivity contribution in [2.45, 2.75) is 25.1 Å². The molecule has 3 amide bonds. The van der Waals surface area contributed by atoms with Crippen LogP contribution in [0.1, 0.15) is 35.3 Å². The number of halogens is 1. The van der Waals surface area contributed by atoms with Gasteiger partial charge in [0.2, 0.25) is 0 Å². The molecule has 1 N–H and O–H groups in total. The van der Waals surface area contributed by atoms with E-state index in [0.717, 1.165) is 30.1 Å². The summed E-state index contributed by atoms with van der Waals surface area (Å²) in [6.45, 7) is 4.70. The Morgan fingerprint density at radius 1 is 1.00 bits per heavy atom. The quantitative estimate of drug-likeness (QED) is 0.507. The molecule has 0 saturated carbocycles. The number of methoxy groups -OCH3 is 1. The Morgan fingerprint density at radius 3 is 2.37 bits per heavy atom. The smallest absolute Gasteiger partial charge is 0.325 e. The molecule has 0 radical (unpaired) electrons.